The average molecular weight is 263 g/mol. The molecule has 70 valence electrons. The number of hydrogen-bond acceptors (Lipinski definition) is 2. The quantitative estimate of drug-likeness (QED) is 0.890. The number of rotatable bonds is 2. The minimum atomic E-state index is -0.634. The number of hydrogen-bond donors (Lipinski definition) is 1. The van der Waals surface area contributed by atoms with Crippen LogP contribution in [0.1, 0.15) is 18.5 Å². The highest BCUT2D eigenvalue weighted by atomic mass is 79.9. The molecule has 0 saturated carbocycles. The van der Waals surface area contributed by atoms with Gasteiger partial charge in [-0.1, -0.05) is 23.7 Å². The molecule has 0 saturated heterocycles. The molecule has 2 N–H and O–H groups in total. The van der Waals surface area contributed by atoms with E-state index in [1.165, 1.54) is 6.92 Å². The Balaban J connectivity index is 3.15. The lowest BCUT2D eigenvalue weighted by Crippen LogP contribution is -2.18. The van der Waals surface area contributed by atoms with Crippen molar-refractivity contribution in [3.8, 4) is 0 Å². The van der Waals surface area contributed by atoms with Gasteiger partial charge in [0.25, 0.3) is 0 Å². The molecular formula is C9H9BrClNO. The Bertz CT molecular complexity index is 340. The normalized spacial score (nSPS) is 12.6. The summed E-state index contributed by atoms with van der Waals surface area (Å²) in [5.41, 5.74) is 6.31. The van der Waals surface area contributed by atoms with E-state index in [2.05, 4.69) is 15.9 Å². The number of ketones is 1. The lowest BCUT2D eigenvalue weighted by atomic mass is 10.1. The molecule has 1 rings (SSSR count). The van der Waals surface area contributed by atoms with E-state index in [1.54, 1.807) is 18.2 Å². The van der Waals surface area contributed by atoms with E-state index >= 15 is 0 Å². The van der Waals surface area contributed by atoms with Crippen LogP contribution in [0.25, 0.3) is 0 Å². The van der Waals surface area contributed by atoms with Gasteiger partial charge in [-0.05, 0) is 34.5 Å². The van der Waals surface area contributed by atoms with Gasteiger partial charge in [0.05, 0.1) is 11.1 Å². The first-order valence-electron chi connectivity index (χ1n) is 3.74. The van der Waals surface area contributed by atoms with E-state index in [0.717, 1.165) is 4.47 Å². The first-order valence-corrected chi connectivity index (χ1v) is 4.91. The Hall–Kier alpha value is -0.380. The topological polar surface area (TPSA) is 43.1 Å². The standard InChI is InChI=1S/C9H9BrClNO/c1-5(13)9(12)6-3-2-4-7(10)8(6)11/h2-4,9H,12H2,1H3. The molecule has 1 aromatic carbocycles. The molecule has 0 fully saturated rings. The van der Waals surface area contributed by atoms with Gasteiger partial charge in [-0.25, -0.2) is 0 Å². The third kappa shape index (κ3) is 2.30. The smallest absolute Gasteiger partial charge is 0.151 e. The van der Waals surface area contributed by atoms with Crippen LogP contribution in [0.15, 0.2) is 22.7 Å². The summed E-state index contributed by atoms with van der Waals surface area (Å²) in [6, 6.07) is 4.72. The molecule has 0 spiro atoms. The van der Waals surface area contributed by atoms with Crippen molar-refractivity contribution in [3.63, 3.8) is 0 Å². The Morgan fingerprint density at radius 3 is 2.77 bits per heavy atom. The number of carbonyl (C=O) groups excluding carboxylic acids is 1. The molecule has 0 aromatic heterocycles. The minimum Gasteiger partial charge on any atom is -0.318 e. The average Bonchev–Trinajstić information content (AvgIpc) is 2.08. The summed E-state index contributed by atoms with van der Waals surface area (Å²) in [5.74, 6) is -0.0972. The van der Waals surface area contributed by atoms with Crippen LogP contribution < -0.4 is 5.73 Å². The Morgan fingerprint density at radius 2 is 2.23 bits per heavy atom. The molecule has 0 radical (unpaired) electrons. The highest BCUT2D eigenvalue weighted by molar-refractivity contribution is 9.10. The monoisotopic (exact) mass is 261 g/mol. The van der Waals surface area contributed by atoms with Gasteiger partial charge < -0.3 is 5.73 Å². The summed E-state index contributed by atoms with van der Waals surface area (Å²) in [4.78, 5) is 11.0. The molecule has 0 aliphatic carbocycles. The van der Waals surface area contributed by atoms with Crippen molar-refractivity contribution in [2.24, 2.45) is 5.73 Å². The van der Waals surface area contributed by atoms with Crippen molar-refractivity contribution in [3.05, 3.63) is 33.3 Å². The van der Waals surface area contributed by atoms with Crippen LogP contribution >= 0.6 is 27.5 Å². The minimum absolute atomic E-state index is 0.0972. The number of nitrogens with two attached hydrogens (primary N) is 1. The maximum absolute atomic E-state index is 11.0. The molecule has 0 heterocycles. The second-order valence-electron chi connectivity index (χ2n) is 2.73. The second-order valence-corrected chi connectivity index (χ2v) is 3.96. The summed E-state index contributed by atoms with van der Waals surface area (Å²) in [5, 5.41) is 0.505. The van der Waals surface area contributed by atoms with Crippen LogP contribution in [-0.2, 0) is 4.79 Å². The van der Waals surface area contributed by atoms with E-state index < -0.39 is 6.04 Å². The predicted octanol–water partition coefficient (Wildman–Crippen LogP) is 2.69. The lowest BCUT2D eigenvalue weighted by molar-refractivity contribution is -0.118. The van der Waals surface area contributed by atoms with Crippen LogP contribution in [0.3, 0.4) is 0 Å². The summed E-state index contributed by atoms with van der Waals surface area (Å²) in [6.45, 7) is 1.45. The third-order valence-electron chi connectivity index (χ3n) is 1.75. The molecule has 1 aromatic rings. The van der Waals surface area contributed by atoms with Gasteiger partial charge in [0.1, 0.15) is 0 Å². The molecule has 1 unspecified atom stereocenters. The first kappa shape index (κ1) is 10.7. The highest BCUT2D eigenvalue weighted by Gasteiger charge is 2.15. The van der Waals surface area contributed by atoms with Gasteiger partial charge in [-0.15, -0.1) is 0 Å². The summed E-state index contributed by atoms with van der Waals surface area (Å²) in [7, 11) is 0. The first-order chi connectivity index (χ1) is 6.04. The summed E-state index contributed by atoms with van der Waals surface area (Å²) >= 11 is 9.22. The van der Waals surface area contributed by atoms with Crippen LogP contribution in [0, 0.1) is 0 Å². The maximum atomic E-state index is 11.0. The van der Waals surface area contributed by atoms with Gasteiger partial charge in [0.2, 0.25) is 0 Å². The van der Waals surface area contributed by atoms with Gasteiger partial charge in [-0.3, -0.25) is 4.79 Å². The zero-order valence-electron chi connectivity index (χ0n) is 7.05. The van der Waals surface area contributed by atoms with Crippen LogP contribution in [-0.4, -0.2) is 5.78 Å². The number of benzene rings is 1. The molecular weight excluding hydrogens is 253 g/mol. The summed E-state index contributed by atoms with van der Waals surface area (Å²) < 4.78 is 0.753. The molecule has 13 heavy (non-hydrogen) atoms. The zero-order chi connectivity index (χ0) is 10.0. The SMILES string of the molecule is CC(=O)C(N)c1cccc(Br)c1Cl. The fraction of sp³-hybridized carbons (Fsp3) is 0.222. The van der Waals surface area contributed by atoms with E-state index in [4.69, 9.17) is 17.3 Å². The molecule has 2 nitrogen and oxygen atoms in total. The fourth-order valence-electron chi connectivity index (χ4n) is 0.980. The van der Waals surface area contributed by atoms with Gasteiger partial charge in [0.15, 0.2) is 5.78 Å². The second kappa shape index (κ2) is 4.22. The van der Waals surface area contributed by atoms with Crippen molar-refractivity contribution in [1.82, 2.24) is 0 Å². The third-order valence-corrected chi connectivity index (χ3v) is 3.07. The Morgan fingerprint density at radius 1 is 1.62 bits per heavy atom. The van der Waals surface area contributed by atoms with E-state index in [9.17, 15) is 4.79 Å². The zero-order valence-corrected chi connectivity index (χ0v) is 9.39. The number of halogens is 2. The molecule has 1 atom stereocenters. The number of Topliss-reactive ketones (excluding diaryl/α,β-unsaturated/α-hetero) is 1. The van der Waals surface area contributed by atoms with Crippen LogP contribution in [0.2, 0.25) is 5.02 Å². The predicted molar refractivity (Wildman–Crippen MR) is 56.8 cm³/mol. The summed E-state index contributed by atoms with van der Waals surface area (Å²) in [6.07, 6.45) is 0. The Kier molecular flexibility index (Phi) is 3.47. The molecule has 0 amide bonds. The van der Waals surface area contributed by atoms with Crippen molar-refractivity contribution >= 4 is 33.3 Å². The lowest BCUT2D eigenvalue weighted by Gasteiger charge is -2.10. The van der Waals surface area contributed by atoms with E-state index in [1.807, 2.05) is 0 Å². The van der Waals surface area contributed by atoms with Gasteiger partial charge >= 0.3 is 0 Å². The van der Waals surface area contributed by atoms with Crippen LogP contribution in [0.4, 0.5) is 0 Å². The van der Waals surface area contributed by atoms with Crippen molar-refractivity contribution in [2.75, 3.05) is 0 Å². The van der Waals surface area contributed by atoms with Gasteiger partial charge in [-0.2, -0.15) is 0 Å². The van der Waals surface area contributed by atoms with E-state index in [0.29, 0.717) is 10.6 Å². The van der Waals surface area contributed by atoms with Crippen molar-refractivity contribution in [1.29, 1.82) is 0 Å². The van der Waals surface area contributed by atoms with Crippen molar-refractivity contribution < 1.29 is 4.79 Å². The Labute approximate surface area is 90.2 Å². The largest absolute Gasteiger partial charge is 0.318 e. The van der Waals surface area contributed by atoms with E-state index in [-0.39, 0.29) is 5.78 Å². The molecule has 0 bridgehead atoms. The maximum Gasteiger partial charge on any atom is 0.151 e. The van der Waals surface area contributed by atoms with Crippen molar-refractivity contribution in [2.45, 2.75) is 13.0 Å². The van der Waals surface area contributed by atoms with Gasteiger partial charge in [0, 0.05) is 4.47 Å². The molecule has 0 aliphatic rings. The molecule has 4 heteroatoms. The van der Waals surface area contributed by atoms with Crippen LogP contribution in [0.5, 0.6) is 0 Å². The molecule has 0 aliphatic heterocycles. The fourth-order valence-corrected chi connectivity index (χ4v) is 1.60. The number of carbonyl (C=O) groups is 1. The highest BCUT2D eigenvalue weighted by Crippen LogP contribution is 2.29.